The van der Waals surface area contributed by atoms with Gasteiger partial charge in [-0.3, -0.25) is 4.79 Å². The number of aromatic nitrogens is 3. The normalized spacial score (nSPS) is 18.9. The van der Waals surface area contributed by atoms with Crippen molar-refractivity contribution in [2.24, 2.45) is 5.92 Å². The molecule has 0 radical (unpaired) electrons. The largest absolute Gasteiger partial charge is 0.496 e. The number of carbonyl (C=O) groups excluding carboxylic acids is 1. The van der Waals surface area contributed by atoms with E-state index in [2.05, 4.69) is 20.5 Å². The maximum Gasteiger partial charge on any atom is 0.253 e. The first-order valence-electron chi connectivity index (χ1n) is 10.5. The summed E-state index contributed by atoms with van der Waals surface area (Å²) >= 11 is 1.71. The fourth-order valence-corrected chi connectivity index (χ4v) is 5.12. The average molecular weight is 425 g/mol. The quantitative estimate of drug-likeness (QED) is 0.592. The lowest BCUT2D eigenvalue weighted by Crippen LogP contribution is -2.31. The zero-order chi connectivity index (χ0) is 21.1. The highest BCUT2D eigenvalue weighted by Crippen LogP contribution is 2.37. The third kappa shape index (κ3) is 4.41. The molecule has 1 aromatic carbocycles. The summed E-state index contributed by atoms with van der Waals surface area (Å²) in [5.41, 5.74) is 3.31. The molecule has 3 aromatic rings. The molecule has 0 aliphatic heterocycles. The summed E-state index contributed by atoms with van der Waals surface area (Å²) < 4.78 is 5.49. The Morgan fingerprint density at radius 1 is 1.20 bits per heavy atom. The molecule has 7 heteroatoms. The molecule has 2 heterocycles. The molecule has 1 saturated carbocycles. The molecule has 30 heavy (non-hydrogen) atoms. The highest BCUT2D eigenvalue weighted by Gasteiger charge is 2.26. The Kier molecular flexibility index (Phi) is 6.18. The van der Waals surface area contributed by atoms with Gasteiger partial charge in [-0.2, -0.15) is 0 Å². The smallest absolute Gasteiger partial charge is 0.253 e. The van der Waals surface area contributed by atoms with Gasteiger partial charge in [-0.25, -0.2) is 0 Å². The van der Waals surface area contributed by atoms with Gasteiger partial charge in [0.05, 0.1) is 18.4 Å². The van der Waals surface area contributed by atoms with E-state index in [9.17, 15) is 4.79 Å². The fourth-order valence-electron chi connectivity index (χ4n) is 4.25. The second kappa shape index (κ2) is 9.00. The van der Waals surface area contributed by atoms with Crippen molar-refractivity contribution in [1.82, 2.24) is 20.5 Å². The van der Waals surface area contributed by atoms with Crippen LogP contribution in [0.15, 0.2) is 30.3 Å². The van der Waals surface area contributed by atoms with Gasteiger partial charge in [0.15, 0.2) is 0 Å². The molecule has 1 amide bonds. The van der Waals surface area contributed by atoms with Gasteiger partial charge in [0.1, 0.15) is 15.8 Å². The molecular formula is C23H28N4O2S. The van der Waals surface area contributed by atoms with Crippen LogP contribution in [0.1, 0.15) is 57.7 Å². The maximum absolute atomic E-state index is 13.0. The summed E-state index contributed by atoms with van der Waals surface area (Å²) in [7, 11) is 1.65. The predicted molar refractivity (Wildman–Crippen MR) is 119 cm³/mol. The van der Waals surface area contributed by atoms with Crippen molar-refractivity contribution in [2.75, 3.05) is 13.7 Å². The van der Waals surface area contributed by atoms with Gasteiger partial charge in [-0.05, 0) is 63.6 Å². The van der Waals surface area contributed by atoms with Crippen molar-refractivity contribution >= 4 is 17.2 Å². The summed E-state index contributed by atoms with van der Waals surface area (Å²) in [4.78, 5) is 16.3. The zero-order valence-electron chi connectivity index (χ0n) is 17.7. The second-order valence-electron chi connectivity index (χ2n) is 8.03. The first kappa shape index (κ1) is 20.6. The van der Waals surface area contributed by atoms with Gasteiger partial charge in [0.2, 0.25) is 0 Å². The Balaban J connectivity index is 1.38. The predicted octanol–water partition coefficient (Wildman–Crippen LogP) is 4.86. The fraction of sp³-hybridized carbons (Fsp3) is 0.435. The Morgan fingerprint density at radius 2 is 1.97 bits per heavy atom. The number of H-pyrrole nitrogens is 1. The van der Waals surface area contributed by atoms with E-state index < -0.39 is 0 Å². The Labute approximate surface area is 181 Å². The van der Waals surface area contributed by atoms with Crippen LogP contribution in [0.25, 0.3) is 11.3 Å². The molecule has 0 spiro atoms. The molecule has 2 N–H and O–H groups in total. The third-order valence-electron chi connectivity index (χ3n) is 5.86. The number of para-hydroxylation sites is 1. The molecule has 0 atom stereocenters. The summed E-state index contributed by atoms with van der Waals surface area (Å²) in [5, 5.41) is 13.8. The van der Waals surface area contributed by atoms with Gasteiger partial charge >= 0.3 is 0 Å². The second-order valence-corrected chi connectivity index (χ2v) is 9.24. The number of carbonyl (C=O) groups is 1. The number of ether oxygens (including phenoxy) is 1. The number of aromatic amines is 1. The van der Waals surface area contributed by atoms with Crippen LogP contribution in [0, 0.1) is 19.8 Å². The number of nitrogens with zero attached hydrogens (tertiary/aromatic N) is 2. The van der Waals surface area contributed by atoms with Gasteiger partial charge in [-0.1, -0.05) is 12.1 Å². The molecule has 4 rings (SSSR count). The molecule has 158 valence electrons. The van der Waals surface area contributed by atoms with Crippen LogP contribution in [-0.4, -0.2) is 34.7 Å². The molecule has 0 saturated heterocycles. The van der Waals surface area contributed by atoms with Gasteiger partial charge < -0.3 is 15.0 Å². The minimum Gasteiger partial charge on any atom is -0.496 e. The van der Waals surface area contributed by atoms with E-state index in [-0.39, 0.29) is 5.91 Å². The zero-order valence-corrected chi connectivity index (χ0v) is 18.5. The third-order valence-corrected chi connectivity index (χ3v) is 6.86. The van der Waals surface area contributed by atoms with Crippen LogP contribution in [-0.2, 0) is 0 Å². The minimum absolute atomic E-state index is 0.0397. The molecule has 6 nitrogen and oxygen atoms in total. The SMILES string of the molecule is COc1ccccc1-c1[nH]c(C)cc1C(=O)NCC1CCC(c2nnc(C)s2)CC1. The molecule has 1 aliphatic carbocycles. The first-order valence-corrected chi connectivity index (χ1v) is 11.3. The van der Waals surface area contributed by atoms with Crippen LogP contribution >= 0.6 is 11.3 Å². The topological polar surface area (TPSA) is 79.9 Å². The van der Waals surface area contributed by atoms with Gasteiger partial charge in [0.25, 0.3) is 5.91 Å². The summed E-state index contributed by atoms with van der Waals surface area (Å²) in [5.74, 6) is 1.74. The molecule has 2 aromatic heterocycles. The summed E-state index contributed by atoms with van der Waals surface area (Å²) in [6.07, 6.45) is 4.44. The molecular weight excluding hydrogens is 396 g/mol. The average Bonchev–Trinajstić information content (AvgIpc) is 3.38. The van der Waals surface area contributed by atoms with E-state index >= 15 is 0 Å². The molecule has 0 unspecified atom stereocenters. The van der Waals surface area contributed by atoms with Crippen molar-refractivity contribution in [2.45, 2.75) is 45.4 Å². The highest BCUT2D eigenvalue weighted by atomic mass is 32.1. The molecule has 0 bridgehead atoms. The molecule has 1 aliphatic rings. The van der Waals surface area contributed by atoms with Gasteiger partial charge in [-0.15, -0.1) is 21.5 Å². The Morgan fingerprint density at radius 3 is 2.67 bits per heavy atom. The number of hydrogen-bond donors (Lipinski definition) is 2. The van der Waals surface area contributed by atoms with Crippen LogP contribution in [0.3, 0.4) is 0 Å². The monoisotopic (exact) mass is 424 g/mol. The standard InChI is InChI=1S/C23H28N4O2S/c1-14-12-19(21(25-14)18-6-4-5-7-20(18)29-3)22(28)24-13-16-8-10-17(11-9-16)23-27-26-15(2)30-23/h4-7,12,16-17,25H,8-11,13H2,1-3H3,(H,24,28). The van der Waals surface area contributed by atoms with E-state index in [1.165, 1.54) is 5.01 Å². The van der Waals surface area contributed by atoms with Crippen LogP contribution in [0.2, 0.25) is 0 Å². The Hall–Kier alpha value is -2.67. The summed E-state index contributed by atoms with van der Waals surface area (Å²) in [6.45, 7) is 4.67. The van der Waals surface area contributed by atoms with Crippen molar-refractivity contribution in [3.05, 3.63) is 51.6 Å². The van der Waals surface area contributed by atoms with Crippen molar-refractivity contribution in [3.63, 3.8) is 0 Å². The van der Waals surface area contributed by atoms with E-state index in [0.29, 0.717) is 23.9 Å². The van der Waals surface area contributed by atoms with Crippen molar-refractivity contribution < 1.29 is 9.53 Å². The van der Waals surface area contributed by atoms with Gasteiger partial charge in [0, 0.05) is 23.7 Å². The van der Waals surface area contributed by atoms with E-state index in [4.69, 9.17) is 4.74 Å². The number of rotatable bonds is 6. The van der Waals surface area contributed by atoms with Crippen molar-refractivity contribution in [3.8, 4) is 17.0 Å². The lowest BCUT2D eigenvalue weighted by molar-refractivity contribution is 0.0943. The minimum atomic E-state index is -0.0397. The first-order chi connectivity index (χ1) is 14.5. The summed E-state index contributed by atoms with van der Waals surface area (Å²) in [6, 6.07) is 9.67. The van der Waals surface area contributed by atoms with Crippen LogP contribution in [0.5, 0.6) is 5.75 Å². The Bertz CT molecular complexity index is 1020. The number of nitrogens with one attached hydrogen (secondary N) is 2. The number of benzene rings is 1. The van der Waals surface area contributed by atoms with E-state index in [0.717, 1.165) is 53.4 Å². The van der Waals surface area contributed by atoms with Crippen LogP contribution in [0.4, 0.5) is 0 Å². The highest BCUT2D eigenvalue weighted by molar-refractivity contribution is 7.11. The van der Waals surface area contributed by atoms with Crippen molar-refractivity contribution in [1.29, 1.82) is 0 Å². The maximum atomic E-state index is 13.0. The lowest BCUT2D eigenvalue weighted by atomic mass is 9.82. The number of amides is 1. The lowest BCUT2D eigenvalue weighted by Gasteiger charge is -2.27. The number of methoxy groups -OCH3 is 1. The number of aryl methyl sites for hydroxylation is 2. The molecule has 1 fully saturated rings. The van der Waals surface area contributed by atoms with Crippen LogP contribution < -0.4 is 10.1 Å². The van der Waals surface area contributed by atoms with E-state index in [1.807, 2.05) is 44.2 Å². The number of hydrogen-bond acceptors (Lipinski definition) is 5. The van der Waals surface area contributed by atoms with E-state index in [1.54, 1.807) is 18.4 Å².